The number of benzene rings is 1. The van der Waals surface area contributed by atoms with Crippen molar-refractivity contribution >= 4 is 31.9 Å². The van der Waals surface area contributed by atoms with Crippen molar-refractivity contribution in [2.45, 2.75) is 38.1 Å². The smallest absolute Gasteiger partial charge is 0.0388 e. The second-order valence-corrected chi connectivity index (χ2v) is 8.06. The maximum absolute atomic E-state index is 3.80. The molecule has 2 aliphatic rings. The third-order valence-corrected chi connectivity index (χ3v) is 6.13. The Balaban J connectivity index is 1.91. The summed E-state index contributed by atoms with van der Waals surface area (Å²) >= 11 is 7.46. The Morgan fingerprint density at radius 3 is 2.48 bits per heavy atom. The highest BCUT2D eigenvalue weighted by Crippen LogP contribution is 2.41. The Morgan fingerprint density at radius 2 is 1.76 bits per heavy atom. The van der Waals surface area contributed by atoms with E-state index in [9.17, 15) is 0 Å². The lowest BCUT2D eigenvalue weighted by Gasteiger charge is -2.41. The van der Waals surface area contributed by atoms with Gasteiger partial charge in [0.1, 0.15) is 0 Å². The maximum atomic E-state index is 3.80. The van der Waals surface area contributed by atoms with Gasteiger partial charge < -0.3 is 5.32 Å². The Morgan fingerprint density at radius 1 is 1.05 bits per heavy atom. The number of hydrogen-bond acceptors (Lipinski definition) is 2. The number of hydrogen-bond donors (Lipinski definition) is 1. The lowest BCUT2D eigenvalue weighted by Crippen LogP contribution is -2.47. The van der Waals surface area contributed by atoms with E-state index in [1.54, 1.807) is 0 Å². The van der Waals surface area contributed by atoms with Crippen molar-refractivity contribution in [3.05, 3.63) is 32.7 Å². The molecule has 1 aliphatic heterocycles. The topological polar surface area (TPSA) is 15.3 Å². The SMILES string of the molecule is Brc1ccc(Br)c([C@@H](C2CCCCC2)N2CCNCC2)c1. The predicted molar refractivity (Wildman–Crippen MR) is 95.6 cm³/mol. The highest BCUT2D eigenvalue weighted by atomic mass is 79.9. The standard InChI is InChI=1S/C17H24Br2N2/c18-14-6-7-16(19)15(12-14)17(13-4-2-1-3-5-13)21-10-8-20-9-11-21/h6-7,12-13,17,20H,1-5,8-11H2/t17-/m1/s1. The number of piperazine rings is 1. The van der Waals surface area contributed by atoms with Crippen LogP contribution in [-0.4, -0.2) is 31.1 Å². The van der Waals surface area contributed by atoms with E-state index in [0.29, 0.717) is 6.04 Å². The van der Waals surface area contributed by atoms with Gasteiger partial charge in [-0.25, -0.2) is 0 Å². The Hall–Kier alpha value is 0.1000. The first kappa shape index (κ1) is 16.0. The first-order valence-electron chi connectivity index (χ1n) is 8.15. The Kier molecular flexibility index (Phi) is 5.77. The van der Waals surface area contributed by atoms with Gasteiger partial charge in [0.15, 0.2) is 0 Å². The molecule has 1 heterocycles. The highest BCUT2D eigenvalue weighted by molar-refractivity contribution is 9.11. The van der Waals surface area contributed by atoms with Gasteiger partial charge in [0.2, 0.25) is 0 Å². The molecule has 0 amide bonds. The predicted octanol–water partition coefficient (Wildman–Crippen LogP) is 4.74. The van der Waals surface area contributed by atoms with Crippen LogP contribution in [0.2, 0.25) is 0 Å². The molecule has 1 aliphatic carbocycles. The lowest BCUT2D eigenvalue weighted by atomic mass is 9.80. The number of nitrogens with one attached hydrogen (secondary N) is 1. The summed E-state index contributed by atoms with van der Waals surface area (Å²) in [5, 5.41) is 3.49. The van der Waals surface area contributed by atoms with Gasteiger partial charge in [0, 0.05) is 41.2 Å². The van der Waals surface area contributed by atoms with Gasteiger partial charge in [-0.1, -0.05) is 51.1 Å². The summed E-state index contributed by atoms with van der Waals surface area (Å²) in [6.45, 7) is 4.57. The van der Waals surface area contributed by atoms with Crippen LogP contribution >= 0.6 is 31.9 Å². The summed E-state index contributed by atoms with van der Waals surface area (Å²) in [6.07, 6.45) is 6.99. The summed E-state index contributed by atoms with van der Waals surface area (Å²) in [5.74, 6) is 0.808. The van der Waals surface area contributed by atoms with Gasteiger partial charge in [-0.05, 0) is 42.5 Å². The molecule has 2 fully saturated rings. The minimum absolute atomic E-state index is 0.569. The van der Waals surface area contributed by atoms with Gasteiger partial charge in [-0.15, -0.1) is 0 Å². The minimum Gasteiger partial charge on any atom is -0.314 e. The van der Waals surface area contributed by atoms with Crippen LogP contribution in [0.25, 0.3) is 0 Å². The summed E-state index contributed by atoms with van der Waals surface area (Å²) in [7, 11) is 0. The van der Waals surface area contributed by atoms with Gasteiger partial charge in [0.05, 0.1) is 0 Å². The van der Waals surface area contributed by atoms with Gasteiger partial charge in [0.25, 0.3) is 0 Å². The van der Waals surface area contributed by atoms with Crippen molar-refractivity contribution in [2.75, 3.05) is 26.2 Å². The largest absolute Gasteiger partial charge is 0.314 e. The maximum Gasteiger partial charge on any atom is 0.0388 e. The van der Waals surface area contributed by atoms with Crippen LogP contribution in [0.15, 0.2) is 27.1 Å². The molecule has 0 radical (unpaired) electrons. The molecule has 0 unspecified atom stereocenters. The molecule has 0 spiro atoms. The highest BCUT2D eigenvalue weighted by Gasteiger charge is 2.32. The molecule has 1 aromatic rings. The van der Waals surface area contributed by atoms with Crippen molar-refractivity contribution in [1.29, 1.82) is 0 Å². The molecule has 0 aromatic heterocycles. The fraction of sp³-hybridized carbons (Fsp3) is 0.647. The molecule has 0 bridgehead atoms. The summed E-state index contributed by atoms with van der Waals surface area (Å²) in [6, 6.07) is 7.21. The number of halogens is 2. The molecule has 1 atom stereocenters. The van der Waals surface area contributed by atoms with E-state index in [0.717, 1.165) is 19.0 Å². The summed E-state index contributed by atoms with van der Waals surface area (Å²) < 4.78 is 2.46. The van der Waals surface area contributed by atoms with Crippen molar-refractivity contribution in [3.63, 3.8) is 0 Å². The molecule has 1 aromatic carbocycles. The average Bonchev–Trinajstić information content (AvgIpc) is 2.53. The monoisotopic (exact) mass is 414 g/mol. The van der Waals surface area contributed by atoms with Crippen molar-refractivity contribution in [2.24, 2.45) is 5.92 Å². The number of nitrogens with zero attached hydrogens (tertiary/aromatic N) is 1. The molecule has 1 saturated carbocycles. The molecule has 1 N–H and O–H groups in total. The first-order chi connectivity index (χ1) is 10.3. The molecule has 21 heavy (non-hydrogen) atoms. The third kappa shape index (κ3) is 3.90. The zero-order valence-corrected chi connectivity index (χ0v) is 15.6. The first-order valence-corrected chi connectivity index (χ1v) is 9.74. The zero-order valence-electron chi connectivity index (χ0n) is 12.5. The van der Waals surface area contributed by atoms with Crippen molar-refractivity contribution in [3.8, 4) is 0 Å². The zero-order chi connectivity index (χ0) is 14.7. The van der Waals surface area contributed by atoms with E-state index < -0.39 is 0 Å². The van der Waals surface area contributed by atoms with E-state index in [4.69, 9.17) is 0 Å². The van der Waals surface area contributed by atoms with E-state index in [-0.39, 0.29) is 0 Å². The van der Waals surface area contributed by atoms with Gasteiger partial charge >= 0.3 is 0 Å². The molecule has 3 rings (SSSR count). The van der Waals surface area contributed by atoms with Crippen molar-refractivity contribution in [1.82, 2.24) is 10.2 Å². The fourth-order valence-electron chi connectivity index (χ4n) is 3.90. The van der Waals surface area contributed by atoms with Crippen LogP contribution in [0.5, 0.6) is 0 Å². The van der Waals surface area contributed by atoms with E-state index >= 15 is 0 Å². The second kappa shape index (κ2) is 7.58. The van der Waals surface area contributed by atoms with E-state index in [1.165, 1.54) is 59.7 Å². The van der Waals surface area contributed by atoms with E-state index in [1.807, 2.05) is 0 Å². The van der Waals surface area contributed by atoms with Crippen LogP contribution in [0.1, 0.15) is 43.7 Å². The van der Waals surface area contributed by atoms with Crippen LogP contribution in [0.4, 0.5) is 0 Å². The second-order valence-electron chi connectivity index (χ2n) is 6.29. The summed E-state index contributed by atoms with van der Waals surface area (Å²) in [4.78, 5) is 2.71. The van der Waals surface area contributed by atoms with Gasteiger partial charge in [-0.3, -0.25) is 4.90 Å². The van der Waals surface area contributed by atoms with Crippen molar-refractivity contribution < 1.29 is 0 Å². The van der Waals surface area contributed by atoms with Crippen LogP contribution in [0, 0.1) is 5.92 Å². The Bertz CT molecular complexity index is 448. The fourth-order valence-corrected chi connectivity index (χ4v) is 4.76. The molecule has 4 heteroatoms. The molecular weight excluding hydrogens is 392 g/mol. The summed E-state index contributed by atoms with van der Waals surface area (Å²) in [5.41, 5.74) is 1.47. The Labute approximate surface area is 144 Å². The molecule has 2 nitrogen and oxygen atoms in total. The molecule has 1 saturated heterocycles. The van der Waals surface area contributed by atoms with Crippen LogP contribution in [-0.2, 0) is 0 Å². The van der Waals surface area contributed by atoms with Gasteiger partial charge in [-0.2, -0.15) is 0 Å². The molecular formula is C17H24Br2N2. The van der Waals surface area contributed by atoms with E-state index in [2.05, 4.69) is 60.3 Å². The average molecular weight is 416 g/mol. The number of rotatable bonds is 3. The minimum atomic E-state index is 0.569. The van der Waals surface area contributed by atoms with Crippen LogP contribution < -0.4 is 5.32 Å². The lowest BCUT2D eigenvalue weighted by molar-refractivity contribution is 0.103. The third-order valence-electron chi connectivity index (χ3n) is 4.92. The molecule has 116 valence electrons. The quantitative estimate of drug-likeness (QED) is 0.766. The normalized spacial score (nSPS) is 23.1. The van der Waals surface area contributed by atoms with Crippen LogP contribution in [0.3, 0.4) is 0 Å².